The second kappa shape index (κ2) is 8.55. The van der Waals surface area contributed by atoms with Gasteiger partial charge >= 0.3 is 0 Å². The Balaban J connectivity index is 2.72. The second-order valence-electron chi connectivity index (χ2n) is 7.03. The Morgan fingerprint density at radius 1 is 1.00 bits per heavy atom. The van der Waals surface area contributed by atoms with E-state index in [2.05, 4.69) is 77.0 Å². The van der Waals surface area contributed by atoms with Gasteiger partial charge in [-0.3, -0.25) is 0 Å². The van der Waals surface area contributed by atoms with Gasteiger partial charge in [0.15, 0.2) is 0 Å². The van der Waals surface area contributed by atoms with Crippen LogP contribution in [-0.4, -0.2) is 31.1 Å². The molecule has 0 aromatic heterocycles. The lowest BCUT2D eigenvalue weighted by molar-refractivity contribution is 0.188. The number of hydrogen-bond donors (Lipinski definition) is 1. The van der Waals surface area contributed by atoms with E-state index in [9.17, 15) is 0 Å². The summed E-state index contributed by atoms with van der Waals surface area (Å²) in [5, 5.41) is 3.49. The van der Waals surface area contributed by atoms with Gasteiger partial charge in [0.1, 0.15) is 0 Å². The fourth-order valence-electron chi connectivity index (χ4n) is 3.01. The van der Waals surface area contributed by atoms with Crippen LogP contribution in [-0.2, 0) is 0 Å². The molecule has 0 aliphatic heterocycles. The molecule has 0 saturated heterocycles. The predicted octanol–water partition coefficient (Wildman–Crippen LogP) is 4.32. The molecule has 1 aromatic rings. The van der Waals surface area contributed by atoms with E-state index in [1.54, 1.807) is 0 Å². The van der Waals surface area contributed by atoms with Gasteiger partial charge in [0.2, 0.25) is 0 Å². The SMILES string of the molecule is CNC(CCN(CC(C)C)C(C)C)c1cc(C)cc(C)c1. The molecule has 1 rings (SSSR count). The van der Waals surface area contributed by atoms with Gasteiger partial charge in [-0.05, 0) is 52.6 Å². The quantitative estimate of drug-likeness (QED) is 0.767. The summed E-state index contributed by atoms with van der Waals surface area (Å²) >= 11 is 0. The normalized spacial score (nSPS) is 13.4. The minimum atomic E-state index is 0.442. The van der Waals surface area contributed by atoms with Crippen LogP contribution in [0.15, 0.2) is 18.2 Å². The molecule has 1 aromatic carbocycles. The van der Waals surface area contributed by atoms with Crippen LogP contribution in [0.2, 0.25) is 0 Å². The first-order valence-corrected chi connectivity index (χ1v) is 8.33. The van der Waals surface area contributed by atoms with Gasteiger partial charge in [-0.15, -0.1) is 0 Å². The minimum Gasteiger partial charge on any atom is -0.313 e. The molecule has 1 N–H and O–H groups in total. The fourth-order valence-corrected chi connectivity index (χ4v) is 3.01. The van der Waals surface area contributed by atoms with Gasteiger partial charge in [0.05, 0.1) is 0 Å². The molecular weight excluding hydrogens is 256 g/mol. The summed E-state index contributed by atoms with van der Waals surface area (Å²) in [6.45, 7) is 15.9. The van der Waals surface area contributed by atoms with Crippen molar-refractivity contribution in [2.45, 2.75) is 60.0 Å². The van der Waals surface area contributed by atoms with E-state index >= 15 is 0 Å². The number of nitrogens with one attached hydrogen (secondary N) is 1. The van der Waals surface area contributed by atoms with E-state index in [1.165, 1.54) is 23.2 Å². The maximum absolute atomic E-state index is 3.49. The fraction of sp³-hybridized carbons (Fsp3) is 0.684. The zero-order valence-electron chi connectivity index (χ0n) is 15.0. The van der Waals surface area contributed by atoms with Gasteiger partial charge in [0.25, 0.3) is 0 Å². The van der Waals surface area contributed by atoms with Gasteiger partial charge in [-0.2, -0.15) is 0 Å². The Bertz CT molecular complexity index is 403. The molecule has 0 heterocycles. The van der Waals surface area contributed by atoms with Crippen molar-refractivity contribution in [2.24, 2.45) is 5.92 Å². The lowest BCUT2D eigenvalue weighted by Gasteiger charge is -2.30. The smallest absolute Gasteiger partial charge is 0.0329 e. The third kappa shape index (κ3) is 6.19. The maximum Gasteiger partial charge on any atom is 0.0329 e. The minimum absolute atomic E-state index is 0.442. The average Bonchev–Trinajstić information content (AvgIpc) is 2.36. The second-order valence-corrected chi connectivity index (χ2v) is 7.03. The Hall–Kier alpha value is -0.860. The van der Waals surface area contributed by atoms with Crippen LogP contribution in [0.5, 0.6) is 0 Å². The Morgan fingerprint density at radius 3 is 2.00 bits per heavy atom. The van der Waals surface area contributed by atoms with Crippen molar-refractivity contribution in [3.63, 3.8) is 0 Å². The molecule has 2 heteroatoms. The van der Waals surface area contributed by atoms with E-state index in [0.29, 0.717) is 12.1 Å². The third-order valence-corrected chi connectivity index (χ3v) is 4.03. The van der Waals surface area contributed by atoms with Crippen molar-refractivity contribution in [2.75, 3.05) is 20.1 Å². The van der Waals surface area contributed by atoms with Crippen molar-refractivity contribution < 1.29 is 0 Å². The topological polar surface area (TPSA) is 15.3 Å². The molecule has 21 heavy (non-hydrogen) atoms. The van der Waals surface area contributed by atoms with Crippen LogP contribution in [0.3, 0.4) is 0 Å². The first kappa shape index (κ1) is 18.2. The lowest BCUT2D eigenvalue weighted by atomic mass is 9.98. The predicted molar refractivity (Wildman–Crippen MR) is 93.9 cm³/mol. The highest BCUT2D eigenvalue weighted by atomic mass is 15.1. The van der Waals surface area contributed by atoms with E-state index < -0.39 is 0 Å². The molecule has 0 aliphatic rings. The van der Waals surface area contributed by atoms with Crippen molar-refractivity contribution in [1.29, 1.82) is 0 Å². The van der Waals surface area contributed by atoms with E-state index in [4.69, 9.17) is 0 Å². The van der Waals surface area contributed by atoms with Gasteiger partial charge < -0.3 is 10.2 Å². The van der Waals surface area contributed by atoms with Crippen LogP contribution in [0, 0.1) is 19.8 Å². The largest absolute Gasteiger partial charge is 0.313 e. The van der Waals surface area contributed by atoms with Crippen LogP contribution in [0.4, 0.5) is 0 Å². The van der Waals surface area contributed by atoms with E-state index in [1.807, 2.05) is 0 Å². The first-order chi connectivity index (χ1) is 9.83. The average molecular weight is 290 g/mol. The van der Waals surface area contributed by atoms with E-state index in [0.717, 1.165) is 18.9 Å². The Kier molecular flexibility index (Phi) is 7.41. The Morgan fingerprint density at radius 2 is 1.57 bits per heavy atom. The maximum atomic E-state index is 3.49. The summed E-state index contributed by atoms with van der Waals surface area (Å²) in [6.07, 6.45) is 1.16. The van der Waals surface area contributed by atoms with Crippen molar-refractivity contribution >= 4 is 0 Å². The van der Waals surface area contributed by atoms with Gasteiger partial charge in [0, 0.05) is 25.2 Å². The van der Waals surface area contributed by atoms with Crippen LogP contribution in [0.1, 0.15) is 56.8 Å². The monoisotopic (exact) mass is 290 g/mol. The molecule has 2 nitrogen and oxygen atoms in total. The van der Waals surface area contributed by atoms with Crippen molar-refractivity contribution in [3.8, 4) is 0 Å². The third-order valence-electron chi connectivity index (χ3n) is 4.03. The number of nitrogens with zero attached hydrogens (tertiary/aromatic N) is 1. The molecule has 0 radical (unpaired) electrons. The number of rotatable bonds is 8. The molecule has 0 spiro atoms. The standard InChI is InChI=1S/C19H34N2/c1-14(2)13-21(15(3)4)9-8-19(20-7)18-11-16(5)10-17(6)12-18/h10-12,14-15,19-20H,8-9,13H2,1-7H3. The summed E-state index contributed by atoms with van der Waals surface area (Å²) in [5.41, 5.74) is 4.13. The molecule has 0 amide bonds. The van der Waals surface area contributed by atoms with Crippen LogP contribution < -0.4 is 5.32 Å². The zero-order chi connectivity index (χ0) is 16.0. The first-order valence-electron chi connectivity index (χ1n) is 8.33. The zero-order valence-corrected chi connectivity index (χ0v) is 15.0. The highest BCUT2D eigenvalue weighted by Gasteiger charge is 2.15. The van der Waals surface area contributed by atoms with Crippen molar-refractivity contribution in [3.05, 3.63) is 34.9 Å². The number of benzene rings is 1. The van der Waals surface area contributed by atoms with Gasteiger partial charge in [-0.25, -0.2) is 0 Å². The number of aryl methyl sites for hydroxylation is 2. The summed E-state index contributed by atoms with van der Waals surface area (Å²) < 4.78 is 0. The van der Waals surface area contributed by atoms with Crippen molar-refractivity contribution in [1.82, 2.24) is 10.2 Å². The summed E-state index contributed by atoms with van der Waals surface area (Å²) in [7, 11) is 2.07. The highest BCUT2D eigenvalue weighted by Crippen LogP contribution is 2.20. The highest BCUT2D eigenvalue weighted by molar-refractivity contribution is 5.30. The number of hydrogen-bond acceptors (Lipinski definition) is 2. The molecule has 0 bridgehead atoms. The van der Waals surface area contributed by atoms with Crippen LogP contribution >= 0.6 is 0 Å². The molecule has 1 unspecified atom stereocenters. The molecule has 120 valence electrons. The van der Waals surface area contributed by atoms with E-state index in [-0.39, 0.29) is 0 Å². The molecule has 1 atom stereocenters. The van der Waals surface area contributed by atoms with Gasteiger partial charge in [-0.1, -0.05) is 43.2 Å². The summed E-state index contributed by atoms with van der Waals surface area (Å²) in [4.78, 5) is 2.59. The molecular formula is C19H34N2. The molecule has 0 saturated carbocycles. The summed E-state index contributed by atoms with van der Waals surface area (Å²) in [5.74, 6) is 0.724. The molecule has 0 fully saturated rings. The summed E-state index contributed by atoms with van der Waals surface area (Å²) in [6, 6.07) is 7.93. The molecule has 0 aliphatic carbocycles. The lowest BCUT2D eigenvalue weighted by Crippen LogP contribution is -2.36. The van der Waals surface area contributed by atoms with Crippen LogP contribution in [0.25, 0.3) is 0 Å². The Labute approximate surface area is 131 Å².